The molecule has 1 heterocycles. The van der Waals surface area contributed by atoms with Gasteiger partial charge in [-0.3, -0.25) is 4.79 Å². The van der Waals surface area contributed by atoms with Gasteiger partial charge in [-0.1, -0.05) is 19.8 Å². The van der Waals surface area contributed by atoms with Crippen molar-refractivity contribution in [3.63, 3.8) is 0 Å². The Morgan fingerprint density at radius 1 is 1.42 bits per heavy atom. The van der Waals surface area contributed by atoms with E-state index in [-0.39, 0.29) is 16.6 Å². The molecule has 1 aliphatic rings. The van der Waals surface area contributed by atoms with Crippen LogP contribution in [-0.2, 0) is 0 Å². The Morgan fingerprint density at radius 3 is 2.89 bits per heavy atom. The van der Waals surface area contributed by atoms with Crippen LogP contribution >= 0.6 is 12.6 Å². The number of hydrogen-bond acceptors (Lipinski definition) is 2. The van der Waals surface area contributed by atoms with E-state index in [0.29, 0.717) is 11.6 Å². The molecule has 19 heavy (non-hydrogen) atoms. The minimum atomic E-state index is -0.386. The summed E-state index contributed by atoms with van der Waals surface area (Å²) in [6, 6.07) is 4.70. The molecule has 2 rings (SSSR count). The molecule has 1 amide bonds. The average Bonchev–Trinajstić information content (AvgIpc) is 2.66. The molecule has 104 valence electrons. The Bertz CT molecular complexity index is 463. The molecule has 1 aromatic carbocycles. The van der Waals surface area contributed by atoms with Gasteiger partial charge in [-0.15, -0.1) is 12.6 Å². The highest BCUT2D eigenvalue weighted by molar-refractivity contribution is 7.80. The van der Waals surface area contributed by atoms with Crippen LogP contribution in [0.25, 0.3) is 0 Å². The number of amides is 1. The second-order valence-corrected chi connectivity index (χ2v) is 5.56. The third-order valence-electron chi connectivity index (χ3n) is 3.80. The van der Waals surface area contributed by atoms with Crippen LogP contribution in [0.2, 0.25) is 0 Å². The number of benzene rings is 1. The standard InChI is InChI=1S/C15H20FNOS/c1-2-12-6-4-3-5-9-17(12)15(18)11-7-8-13(16)14(19)10-11/h7-8,10,12,19H,2-6,9H2,1H3. The summed E-state index contributed by atoms with van der Waals surface area (Å²) >= 11 is 4.05. The molecule has 0 bridgehead atoms. The van der Waals surface area contributed by atoms with Gasteiger partial charge in [0.1, 0.15) is 5.82 Å². The van der Waals surface area contributed by atoms with Crippen molar-refractivity contribution in [1.82, 2.24) is 4.90 Å². The summed E-state index contributed by atoms with van der Waals surface area (Å²) < 4.78 is 13.2. The van der Waals surface area contributed by atoms with Crippen LogP contribution in [0.4, 0.5) is 4.39 Å². The molecule has 4 heteroatoms. The summed E-state index contributed by atoms with van der Waals surface area (Å²) in [4.78, 5) is 14.7. The maximum atomic E-state index is 13.2. The predicted molar refractivity (Wildman–Crippen MR) is 77.2 cm³/mol. The van der Waals surface area contributed by atoms with Gasteiger partial charge in [-0.2, -0.15) is 0 Å². The van der Waals surface area contributed by atoms with E-state index in [1.807, 2.05) is 4.90 Å². The highest BCUT2D eigenvalue weighted by atomic mass is 32.1. The fraction of sp³-hybridized carbons (Fsp3) is 0.533. The molecule has 0 aromatic heterocycles. The first-order valence-corrected chi connectivity index (χ1v) is 7.37. The summed E-state index contributed by atoms with van der Waals surface area (Å²) in [5, 5.41) is 0. The molecule has 0 aliphatic carbocycles. The third-order valence-corrected chi connectivity index (χ3v) is 4.15. The SMILES string of the molecule is CCC1CCCCCN1C(=O)c1ccc(F)c(S)c1. The van der Waals surface area contributed by atoms with Crippen molar-refractivity contribution in [3.8, 4) is 0 Å². The molecule has 0 spiro atoms. The van der Waals surface area contributed by atoms with Crippen LogP contribution in [0.15, 0.2) is 23.1 Å². The van der Waals surface area contributed by atoms with E-state index in [1.54, 1.807) is 6.07 Å². The van der Waals surface area contributed by atoms with Gasteiger partial charge < -0.3 is 4.90 Å². The lowest BCUT2D eigenvalue weighted by molar-refractivity contribution is 0.0678. The van der Waals surface area contributed by atoms with Crippen LogP contribution in [0.5, 0.6) is 0 Å². The van der Waals surface area contributed by atoms with E-state index in [9.17, 15) is 9.18 Å². The minimum absolute atomic E-state index is 0.00375. The van der Waals surface area contributed by atoms with Crippen LogP contribution in [0, 0.1) is 5.82 Å². The molecular weight excluding hydrogens is 261 g/mol. The Kier molecular flexibility index (Phi) is 4.86. The second-order valence-electron chi connectivity index (χ2n) is 5.08. The largest absolute Gasteiger partial charge is 0.336 e. The molecule has 1 saturated heterocycles. The summed E-state index contributed by atoms with van der Waals surface area (Å²) in [7, 11) is 0. The molecule has 1 unspecified atom stereocenters. The molecule has 1 aliphatic heterocycles. The lowest BCUT2D eigenvalue weighted by atomic mass is 10.1. The van der Waals surface area contributed by atoms with Crippen molar-refractivity contribution in [2.45, 2.75) is 50.0 Å². The van der Waals surface area contributed by atoms with Crippen molar-refractivity contribution in [2.75, 3.05) is 6.54 Å². The van der Waals surface area contributed by atoms with Crippen LogP contribution < -0.4 is 0 Å². The topological polar surface area (TPSA) is 20.3 Å². The molecule has 0 N–H and O–H groups in total. The smallest absolute Gasteiger partial charge is 0.254 e. The minimum Gasteiger partial charge on any atom is -0.336 e. The molecule has 1 atom stereocenters. The van der Waals surface area contributed by atoms with Gasteiger partial charge in [0.15, 0.2) is 0 Å². The molecule has 1 aromatic rings. The van der Waals surface area contributed by atoms with Gasteiger partial charge in [-0.25, -0.2) is 4.39 Å². The fourth-order valence-electron chi connectivity index (χ4n) is 2.68. The maximum Gasteiger partial charge on any atom is 0.254 e. The van der Waals surface area contributed by atoms with E-state index < -0.39 is 0 Å². The van der Waals surface area contributed by atoms with Crippen molar-refractivity contribution in [1.29, 1.82) is 0 Å². The average molecular weight is 281 g/mol. The Morgan fingerprint density at radius 2 is 2.21 bits per heavy atom. The first-order valence-electron chi connectivity index (χ1n) is 6.93. The Balaban J connectivity index is 2.22. The van der Waals surface area contributed by atoms with Gasteiger partial charge in [0, 0.05) is 23.0 Å². The van der Waals surface area contributed by atoms with Crippen LogP contribution in [0.3, 0.4) is 0 Å². The zero-order valence-electron chi connectivity index (χ0n) is 11.2. The van der Waals surface area contributed by atoms with E-state index in [2.05, 4.69) is 19.6 Å². The number of hydrogen-bond donors (Lipinski definition) is 1. The zero-order chi connectivity index (χ0) is 13.8. The van der Waals surface area contributed by atoms with Gasteiger partial charge in [-0.05, 0) is 37.5 Å². The summed E-state index contributed by atoms with van der Waals surface area (Å²) in [6.45, 7) is 2.92. The molecule has 2 nitrogen and oxygen atoms in total. The van der Waals surface area contributed by atoms with E-state index in [0.717, 1.165) is 25.8 Å². The Labute approximate surface area is 119 Å². The predicted octanol–water partition coefficient (Wildman–Crippen LogP) is 3.91. The van der Waals surface area contributed by atoms with Crippen molar-refractivity contribution in [2.24, 2.45) is 0 Å². The highest BCUT2D eigenvalue weighted by Gasteiger charge is 2.25. The number of rotatable bonds is 2. The lowest BCUT2D eigenvalue weighted by Crippen LogP contribution is -2.39. The van der Waals surface area contributed by atoms with Crippen molar-refractivity contribution >= 4 is 18.5 Å². The van der Waals surface area contributed by atoms with Gasteiger partial charge in [0.25, 0.3) is 5.91 Å². The highest BCUT2D eigenvalue weighted by Crippen LogP contribution is 2.23. The normalized spacial score (nSPS) is 20.2. The van der Waals surface area contributed by atoms with E-state index >= 15 is 0 Å². The Hall–Kier alpha value is -1.03. The molecular formula is C15H20FNOS. The van der Waals surface area contributed by atoms with E-state index in [4.69, 9.17) is 0 Å². The third kappa shape index (κ3) is 3.30. The van der Waals surface area contributed by atoms with Gasteiger partial charge in [0.2, 0.25) is 0 Å². The summed E-state index contributed by atoms with van der Waals surface area (Å²) in [5.41, 5.74) is 0.534. The summed E-state index contributed by atoms with van der Waals surface area (Å²) in [5.74, 6) is -0.383. The van der Waals surface area contributed by atoms with Crippen molar-refractivity contribution in [3.05, 3.63) is 29.6 Å². The number of nitrogens with zero attached hydrogens (tertiary/aromatic N) is 1. The number of carbonyl (C=O) groups is 1. The van der Waals surface area contributed by atoms with Crippen LogP contribution in [0.1, 0.15) is 49.4 Å². The number of thiol groups is 1. The number of halogens is 1. The molecule has 0 saturated carbocycles. The monoisotopic (exact) mass is 281 g/mol. The zero-order valence-corrected chi connectivity index (χ0v) is 12.1. The van der Waals surface area contributed by atoms with Gasteiger partial charge >= 0.3 is 0 Å². The van der Waals surface area contributed by atoms with Crippen LogP contribution in [-0.4, -0.2) is 23.4 Å². The maximum absolute atomic E-state index is 13.2. The number of likely N-dealkylation sites (tertiary alicyclic amines) is 1. The first kappa shape index (κ1) is 14.4. The van der Waals surface area contributed by atoms with Crippen molar-refractivity contribution < 1.29 is 9.18 Å². The summed E-state index contributed by atoms with van der Waals surface area (Å²) in [6.07, 6.45) is 5.46. The quantitative estimate of drug-likeness (QED) is 0.815. The first-order chi connectivity index (χ1) is 9.13. The van der Waals surface area contributed by atoms with Gasteiger partial charge in [0.05, 0.1) is 0 Å². The van der Waals surface area contributed by atoms with E-state index in [1.165, 1.54) is 25.0 Å². The lowest BCUT2D eigenvalue weighted by Gasteiger charge is -2.29. The second kappa shape index (κ2) is 6.42. The number of carbonyl (C=O) groups excluding carboxylic acids is 1. The molecule has 0 radical (unpaired) electrons. The molecule has 1 fully saturated rings. The fourth-order valence-corrected chi connectivity index (χ4v) is 2.89.